The van der Waals surface area contributed by atoms with Crippen molar-refractivity contribution in [3.05, 3.63) is 48.0 Å². The van der Waals surface area contributed by atoms with Crippen molar-refractivity contribution in [2.45, 2.75) is 26.5 Å². The summed E-state index contributed by atoms with van der Waals surface area (Å²) in [6.45, 7) is 7.66. The number of ether oxygens (including phenoxy) is 1. The van der Waals surface area contributed by atoms with E-state index < -0.39 is 12.1 Å². The molecule has 0 fully saturated rings. The third-order valence-electron chi connectivity index (χ3n) is 2.50. The Hall–Kier alpha value is -2.30. The molecule has 1 rings (SSSR count). The topological polar surface area (TPSA) is 67.4 Å². The fourth-order valence-electron chi connectivity index (χ4n) is 1.40. The maximum Gasteiger partial charge on any atom is 0.408 e. The monoisotopic (exact) mass is 276 g/mol. The lowest BCUT2D eigenvalue weighted by atomic mass is 10.2. The van der Waals surface area contributed by atoms with Crippen LogP contribution in [0.3, 0.4) is 0 Å². The van der Waals surface area contributed by atoms with Crippen LogP contribution in [0.5, 0.6) is 0 Å². The summed E-state index contributed by atoms with van der Waals surface area (Å²) >= 11 is 0. The Bertz CT molecular complexity index is 471. The summed E-state index contributed by atoms with van der Waals surface area (Å²) in [6, 6.07) is 8.68. The Kier molecular flexibility index (Phi) is 6.29. The van der Waals surface area contributed by atoms with Gasteiger partial charge in [0.1, 0.15) is 12.6 Å². The first-order valence-electron chi connectivity index (χ1n) is 6.38. The molecule has 0 unspecified atom stereocenters. The zero-order valence-electron chi connectivity index (χ0n) is 11.8. The summed E-state index contributed by atoms with van der Waals surface area (Å²) in [7, 11) is 0. The SMILES string of the molecule is C=C(C)CNC(=O)[C@H](C)NC(=O)OCc1ccccc1. The largest absolute Gasteiger partial charge is 0.445 e. The minimum atomic E-state index is -0.655. The number of benzene rings is 1. The highest BCUT2D eigenvalue weighted by Gasteiger charge is 2.15. The van der Waals surface area contributed by atoms with E-state index in [0.29, 0.717) is 6.54 Å². The quantitative estimate of drug-likeness (QED) is 0.781. The predicted molar refractivity (Wildman–Crippen MR) is 77.0 cm³/mol. The van der Waals surface area contributed by atoms with Gasteiger partial charge in [0, 0.05) is 6.54 Å². The van der Waals surface area contributed by atoms with Crippen molar-refractivity contribution in [2.24, 2.45) is 0 Å². The van der Waals surface area contributed by atoms with E-state index in [-0.39, 0.29) is 12.5 Å². The molecule has 1 aromatic rings. The van der Waals surface area contributed by atoms with E-state index in [0.717, 1.165) is 11.1 Å². The van der Waals surface area contributed by atoms with Crippen LogP contribution < -0.4 is 10.6 Å². The molecule has 0 saturated carbocycles. The van der Waals surface area contributed by atoms with Gasteiger partial charge in [0.05, 0.1) is 0 Å². The first-order chi connectivity index (χ1) is 9.49. The number of hydrogen-bond donors (Lipinski definition) is 2. The molecule has 0 aromatic heterocycles. The first-order valence-corrected chi connectivity index (χ1v) is 6.38. The molecule has 0 aliphatic heterocycles. The van der Waals surface area contributed by atoms with Crippen LogP contribution in [0, 0.1) is 0 Å². The van der Waals surface area contributed by atoms with E-state index in [1.807, 2.05) is 37.3 Å². The van der Waals surface area contributed by atoms with Crippen LogP contribution >= 0.6 is 0 Å². The van der Waals surface area contributed by atoms with Crippen LogP contribution in [0.2, 0.25) is 0 Å². The Morgan fingerprint density at radius 1 is 1.30 bits per heavy atom. The van der Waals surface area contributed by atoms with Crippen LogP contribution in [0.1, 0.15) is 19.4 Å². The average Bonchev–Trinajstić information content (AvgIpc) is 2.43. The zero-order valence-corrected chi connectivity index (χ0v) is 11.8. The van der Waals surface area contributed by atoms with Gasteiger partial charge in [-0.1, -0.05) is 42.5 Å². The summed E-state index contributed by atoms with van der Waals surface area (Å²) < 4.78 is 5.03. The standard InChI is InChI=1S/C15H20N2O3/c1-11(2)9-16-14(18)12(3)17-15(19)20-10-13-7-5-4-6-8-13/h4-8,12H,1,9-10H2,2-3H3,(H,16,18)(H,17,19)/t12-/m0/s1. The Labute approximate surface area is 119 Å². The molecule has 0 aliphatic carbocycles. The molecule has 0 aliphatic rings. The van der Waals surface area contributed by atoms with E-state index in [1.54, 1.807) is 6.92 Å². The van der Waals surface area contributed by atoms with Crippen molar-refractivity contribution in [3.63, 3.8) is 0 Å². The second kappa shape index (κ2) is 7.99. The lowest BCUT2D eigenvalue weighted by Gasteiger charge is -2.14. The van der Waals surface area contributed by atoms with Crippen molar-refractivity contribution in [1.29, 1.82) is 0 Å². The number of nitrogens with one attached hydrogen (secondary N) is 2. The lowest BCUT2D eigenvalue weighted by molar-refractivity contribution is -0.122. The first kappa shape index (κ1) is 15.8. The fraction of sp³-hybridized carbons (Fsp3) is 0.333. The number of carbonyl (C=O) groups is 2. The van der Waals surface area contributed by atoms with Gasteiger partial charge in [0.2, 0.25) is 5.91 Å². The minimum Gasteiger partial charge on any atom is -0.445 e. The molecular weight excluding hydrogens is 256 g/mol. The van der Waals surface area contributed by atoms with Crippen LogP contribution in [0.15, 0.2) is 42.5 Å². The molecule has 0 radical (unpaired) electrons. The van der Waals surface area contributed by atoms with Crippen LogP contribution in [0.4, 0.5) is 4.79 Å². The second-order valence-corrected chi connectivity index (χ2v) is 4.60. The van der Waals surface area contributed by atoms with Crippen molar-refractivity contribution in [2.75, 3.05) is 6.54 Å². The van der Waals surface area contributed by atoms with Gasteiger partial charge in [-0.15, -0.1) is 0 Å². The number of carbonyl (C=O) groups excluding carboxylic acids is 2. The summed E-state index contributed by atoms with van der Waals surface area (Å²) in [5.41, 5.74) is 1.74. The molecule has 5 heteroatoms. The summed E-state index contributed by atoms with van der Waals surface area (Å²) in [5, 5.41) is 5.12. The highest BCUT2D eigenvalue weighted by Crippen LogP contribution is 2.00. The average molecular weight is 276 g/mol. The smallest absolute Gasteiger partial charge is 0.408 e. The molecule has 1 atom stereocenters. The third-order valence-corrected chi connectivity index (χ3v) is 2.50. The van der Waals surface area contributed by atoms with Gasteiger partial charge in [0.25, 0.3) is 0 Å². The van der Waals surface area contributed by atoms with Gasteiger partial charge < -0.3 is 15.4 Å². The van der Waals surface area contributed by atoms with Crippen molar-refractivity contribution in [3.8, 4) is 0 Å². The molecule has 0 saturated heterocycles. The number of alkyl carbamates (subject to hydrolysis) is 1. The molecule has 0 heterocycles. The van der Waals surface area contributed by atoms with E-state index in [1.165, 1.54) is 0 Å². The summed E-state index contributed by atoms with van der Waals surface area (Å²) in [4.78, 5) is 23.2. The highest BCUT2D eigenvalue weighted by molar-refractivity contribution is 5.85. The van der Waals surface area contributed by atoms with Gasteiger partial charge in [0.15, 0.2) is 0 Å². The fourth-order valence-corrected chi connectivity index (χ4v) is 1.40. The van der Waals surface area contributed by atoms with Crippen molar-refractivity contribution >= 4 is 12.0 Å². The molecular formula is C15H20N2O3. The van der Waals surface area contributed by atoms with Gasteiger partial charge in [-0.25, -0.2) is 4.79 Å². The van der Waals surface area contributed by atoms with Gasteiger partial charge >= 0.3 is 6.09 Å². The molecule has 0 bridgehead atoms. The maximum absolute atomic E-state index is 11.6. The normalized spacial score (nSPS) is 11.3. The van der Waals surface area contributed by atoms with Crippen LogP contribution in [-0.4, -0.2) is 24.6 Å². The van der Waals surface area contributed by atoms with Crippen LogP contribution in [0.25, 0.3) is 0 Å². The number of rotatable bonds is 6. The van der Waals surface area contributed by atoms with Gasteiger partial charge in [-0.2, -0.15) is 0 Å². The number of amides is 2. The van der Waals surface area contributed by atoms with Crippen molar-refractivity contribution < 1.29 is 14.3 Å². The summed E-state index contributed by atoms with van der Waals surface area (Å²) in [6.07, 6.45) is -0.619. The van der Waals surface area contributed by atoms with Gasteiger partial charge in [-0.3, -0.25) is 4.79 Å². The second-order valence-electron chi connectivity index (χ2n) is 4.60. The summed E-state index contributed by atoms with van der Waals surface area (Å²) in [5.74, 6) is -0.273. The lowest BCUT2D eigenvalue weighted by Crippen LogP contribution is -2.45. The van der Waals surface area contributed by atoms with E-state index >= 15 is 0 Å². The van der Waals surface area contributed by atoms with Crippen molar-refractivity contribution in [1.82, 2.24) is 10.6 Å². The molecule has 5 nitrogen and oxygen atoms in total. The van der Waals surface area contributed by atoms with E-state index in [9.17, 15) is 9.59 Å². The minimum absolute atomic E-state index is 0.173. The Balaban J connectivity index is 2.30. The molecule has 2 amide bonds. The third kappa shape index (κ3) is 6.04. The van der Waals surface area contributed by atoms with Gasteiger partial charge in [-0.05, 0) is 19.4 Å². The molecule has 2 N–H and O–H groups in total. The predicted octanol–water partition coefficient (Wildman–Crippen LogP) is 1.99. The Morgan fingerprint density at radius 3 is 2.55 bits per heavy atom. The van der Waals surface area contributed by atoms with E-state index in [4.69, 9.17) is 4.74 Å². The highest BCUT2D eigenvalue weighted by atomic mass is 16.5. The number of hydrogen-bond acceptors (Lipinski definition) is 3. The Morgan fingerprint density at radius 2 is 1.95 bits per heavy atom. The molecule has 1 aromatic carbocycles. The zero-order chi connectivity index (χ0) is 15.0. The van der Waals surface area contributed by atoms with E-state index in [2.05, 4.69) is 17.2 Å². The molecule has 20 heavy (non-hydrogen) atoms. The molecule has 0 spiro atoms. The maximum atomic E-state index is 11.6. The molecule has 108 valence electrons. The van der Waals surface area contributed by atoms with Crippen LogP contribution in [-0.2, 0) is 16.1 Å².